The third-order valence-corrected chi connectivity index (χ3v) is 4.03. The van der Waals surface area contributed by atoms with Gasteiger partial charge in [0.2, 0.25) is 5.91 Å². The van der Waals surface area contributed by atoms with Gasteiger partial charge in [-0.25, -0.2) is 9.78 Å². The smallest absolute Gasteiger partial charge is 0.319 e. The van der Waals surface area contributed by atoms with Crippen molar-refractivity contribution in [2.75, 3.05) is 17.2 Å². The number of H-pyrrole nitrogens is 1. The summed E-state index contributed by atoms with van der Waals surface area (Å²) in [7, 11) is 0. The molecule has 0 bridgehead atoms. The van der Waals surface area contributed by atoms with Crippen LogP contribution in [0.1, 0.15) is 12.8 Å². The molecular weight excluding hydrogens is 367 g/mol. The molecule has 0 aliphatic carbocycles. The van der Waals surface area contributed by atoms with Gasteiger partial charge in [-0.05, 0) is 31.0 Å². The number of nitrogens with zero attached hydrogens (tertiary/aromatic N) is 1. The van der Waals surface area contributed by atoms with Gasteiger partial charge in [0.15, 0.2) is 5.95 Å². The number of nitrogens with one attached hydrogen (secondary N) is 4. The molecule has 1 aromatic heterocycles. The second-order valence-corrected chi connectivity index (χ2v) is 6.00. The first-order valence-corrected chi connectivity index (χ1v) is 8.26. The molecule has 25 heavy (non-hydrogen) atoms. The Morgan fingerprint density at radius 1 is 1.28 bits per heavy atom. The Balaban J connectivity index is 1.79. The number of nitrogens with two attached hydrogens (primary N) is 1. The molecule has 0 unspecified atom stereocenters. The molecule has 6 N–H and O–H groups in total. The Bertz CT molecular complexity index is 723. The van der Waals surface area contributed by atoms with E-state index >= 15 is 0 Å². The lowest BCUT2D eigenvalue weighted by Gasteiger charge is -2.16. The van der Waals surface area contributed by atoms with Crippen LogP contribution in [-0.2, 0) is 4.79 Å². The molecule has 10 heteroatoms. The van der Waals surface area contributed by atoms with Crippen LogP contribution in [0.15, 0.2) is 30.6 Å². The Labute approximate surface area is 154 Å². The quantitative estimate of drug-likeness (QED) is 0.448. The summed E-state index contributed by atoms with van der Waals surface area (Å²) in [6, 6.07) is 3.32. The summed E-state index contributed by atoms with van der Waals surface area (Å²) in [5.41, 5.74) is 5.79. The molecular formula is C15H18Cl2N6O2. The fraction of sp³-hybridized carbons (Fsp3) is 0.267. The van der Waals surface area contributed by atoms with E-state index in [1.165, 1.54) is 6.07 Å². The predicted molar refractivity (Wildman–Crippen MR) is 97.9 cm³/mol. The van der Waals surface area contributed by atoms with Gasteiger partial charge in [-0.1, -0.05) is 23.2 Å². The Kier molecular flexibility index (Phi) is 6.91. The van der Waals surface area contributed by atoms with Crippen LogP contribution in [0, 0.1) is 0 Å². The molecule has 0 saturated carbocycles. The molecule has 1 atom stereocenters. The number of amides is 3. The molecule has 0 aliphatic rings. The van der Waals surface area contributed by atoms with Crippen LogP contribution < -0.4 is 21.7 Å². The van der Waals surface area contributed by atoms with E-state index in [2.05, 4.69) is 25.9 Å². The lowest BCUT2D eigenvalue weighted by molar-refractivity contribution is -0.119. The summed E-state index contributed by atoms with van der Waals surface area (Å²) in [5.74, 6) is 0.0308. The summed E-state index contributed by atoms with van der Waals surface area (Å²) in [4.78, 5) is 30.4. The highest BCUT2D eigenvalue weighted by molar-refractivity contribution is 6.42. The van der Waals surface area contributed by atoms with Crippen LogP contribution in [0.25, 0.3) is 0 Å². The van der Waals surface area contributed by atoms with Gasteiger partial charge < -0.3 is 26.7 Å². The van der Waals surface area contributed by atoms with Gasteiger partial charge in [0.05, 0.1) is 10.0 Å². The molecule has 2 rings (SSSR count). The standard InChI is InChI=1S/C15H18Cl2N6O2/c16-10-4-3-9(8-11(10)17)22-15(25)23-12(13(18)24)2-1-5-19-14-20-6-7-21-14/h3-4,6-8,12H,1-2,5H2,(H2,18,24)(H2,19,20,21)(H2,22,23,25)/t12-/m0/s1. The van der Waals surface area contributed by atoms with Crippen molar-refractivity contribution >= 4 is 46.8 Å². The van der Waals surface area contributed by atoms with Crippen molar-refractivity contribution < 1.29 is 9.59 Å². The molecule has 2 aromatic rings. The molecule has 134 valence electrons. The molecule has 0 aliphatic heterocycles. The highest BCUT2D eigenvalue weighted by atomic mass is 35.5. The molecule has 0 spiro atoms. The third-order valence-electron chi connectivity index (χ3n) is 3.29. The molecule has 0 fully saturated rings. The summed E-state index contributed by atoms with van der Waals surface area (Å²) in [6.45, 7) is 0.577. The van der Waals surface area contributed by atoms with Crippen LogP contribution in [0.4, 0.5) is 16.4 Å². The number of benzene rings is 1. The number of imidazole rings is 1. The van der Waals surface area contributed by atoms with Gasteiger partial charge in [-0.15, -0.1) is 0 Å². The van der Waals surface area contributed by atoms with Crippen LogP contribution in [0.5, 0.6) is 0 Å². The number of halogens is 2. The zero-order valence-electron chi connectivity index (χ0n) is 13.2. The van der Waals surface area contributed by atoms with Crippen molar-refractivity contribution in [1.82, 2.24) is 15.3 Å². The topological polar surface area (TPSA) is 125 Å². The highest BCUT2D eigenvalue weighted by Crippen LogP contribution is 2.24. The second-order valence-electron chi connectivity index (χ2n) is 5.19. The van der Waals surface area contributed by atoms with E-state index in [0.717, 1.165) is 0 Å². The number of primary amides is 1. The molecule has 1 heterocycles. The van der Waals surface area contributed by atoms with E-state index in [1.807, 2.05) is 0 Å². The third kappa shape index (κ3) is 6.17. The number of carbonyl (C=O) groups is 2. The molecule has 3 amide bonds. The van der Waals surface area contributed by atoms with Crippen molar-refractivity contribution in [2.45, 2.75) is 18.9 Å². The van der Waals surface area contributed by atoms with Gasteiger partial charge in [0.1, 0.15) is 6.04 Å². The minimum atomic E-state index is -0.791. The van der Waals surface area contributed by atoms with Gasteiger partial charge in [-0.3, -0.25) is 4.79 Å². The number of aromatic nitrogens is 2. The number of hydrogen-bond donors (Lipinski definition) is 5. The molecule has 8 nitrogen and oxygen atoms in total. The largest absolute Gasteiger partial charge is 0.368 e. The van der Waals surface area contributed by atoms with Crippen molar-refractivity contribution in [3.05, 3.63) is 40.6 Å². The number of urea groups is 1. The highest BCUT2D eigenvalue weighted by Gasteiger charge is 2.17. The first-order valence-electron chi connectivity index (χ1n) is 7.51. The number of aromatic amines is 1. The monoisotopic (exact) mass is 384 g/mol. The second kappa shape index (κ2) is 9.14. The average Bonchev–Trinajstić information content (AvgIpc) is 3.07. The normalized spacial score (nSPS) is 11.6. The van der Waals surface area contributed by atoms with E-state index in [4.69, 9.17) is 28.9 Å². The Morgan fingerprint density at radius 2 is 2.08 bits per heavy atom. The SMILES string of the molecule is NC(=O)[C@H](CCCNc1ncc[nH]1)NC(=O)Nc1ccc(Cl)c(Cl)c1. The van der Waals surface area contributed by atoms with E-state index in [-0.39, 0.29) is 0 Å². The maximum absolute atomic E-state index is 12.0. The fourth-order valence-electron chi connectivity index (χ4n) is 2.06. The maximum atomic E-state index is 12.0. The van der Waals surface area contributed by atoms with Gasteiger partial charge >= 0.3 is 6.03 Å². The first-order chi connectivity index (χ1) is 12.0. The van der Waals surface area contributed by atoms with Crippen molar-refractivity contribution in [1.29, 1.82) is 0 Å². The summed E-state index contributed by atoms with van der Waals surface area (Å²) in [5, 5.41) is 8.86. The van der Waals surface area contributed by atoms with Gasteiger partial charge in [0, 0.05) is 24.6 Å². The lowest BCUT2D eigenvalue weighted by Crippen LogP contribution is -2.46. The van der Waals surface area contributed by atoms with Crippen molar-refractivity contribution in [3.8, 4) is 0 Å². The Morgan fingerprint density at radius 3 is 2.72 bits per heavy atom. The number of rotatable bonds is 8. The number of hydrogen-bond acceptors (Lipinski definition) is 4. The zero-order chi connectivity index (χ0) is 18.2. The van der Waals surface area contributed by atoms with Crippen LogP contribution in [0.2, 0.25) is 10.0 Å². The summed E-state index contributed by atoms with van der Waals surface area (Å²) < 4.78 is 0. The van der Waals surface area contributed by atoms with Crippen LogP contribution in [0.3, 0.4) is 0 Å². The van der Waals surface area contributed by atoms with Crippen molar-refractivity contribution in [2.24, 2.45) is 5.73 Å². The maximum Gasteiger partial charge on any atom is 0.319 e. The van der Waals surface area contributed by atoms with Crippen LogP contribution >= 0.6 is 23.2 Å². The minimum Gasteiger partial charge on any atom is -0.368 e. The minimum absolute atomic E-state index is 0.315. The van der Waals surface area contributed by atoms with E-state index in [1.54, 1.807) is 24.5 Å². The lowest BCUT2D eigenvalue weighted by atomic mass is 10.1. The van der Waals surface area contributed by atoms with Gasteiger partial charge in [0.25, 0.3) is 0 Å². The average molecular weight is 385 g/mol. The van der Waals surface area contributed by atoms with E-state index < -0.39 is 18.0 Å². The van der Waals surface area contributed by atoms with Crippen LogP contribution in [-0.4, -0.2) is 34.5 Å². The summed E-state index contributed by atoms with van der Waals surface area (Å²) in [6.07, 6.45) is 4.33. The fourth-order valence-corrected chi connectivity index (χ4v) is 2.36. The molecule has 0 radical (unpaired) electrons. The first kappa shape index (κ1) is 18.9. The molecule has 1 aromatic carbocycles. The molecule has 0 saturated heterocycles. The predicted octanol–water partition coefficient (Wildman–Crippen LogP) is 2.58. The Hall–Kier alpha value is -2.45. The van der Waals surface area contributed by atoms with Crippen molar-refractivity contribution in [3.63, 3.8) is 0 Å². The number of carbonyl (C=O) groups excluding carboxylic acids is 2. The zero-order valence-corrected chi connectivity index (χ0v) is 14.7. The summed E-state index contributed by atoms with van der Waals surface area (Å²) >= 11 is 11.7. The number of anilines is 2. The van der Waals surface area contributed by atoms with E-state index in [0.29, 0.717) is 41.1 Å². The van der Waals surface area contributed by atoms with E-state index in [9.17, 15) is 9.59 Å². The van der Waals surface area contributed by atoms with Gasteiger partial charge in [-0.2, -0.15) is 0 Å².